The number of ether oxygens (including phenoxy) is 1. The number of nitrogens with zero attached hydrogens (tertiary/aromatic N) is 3. The van der Waals surface area contributed by atoms with E-state index in [-0.39, 0.29) is 17.9 Å². The smallest absolute Gasteiger partial charge is 0.245 e. The molecule has 10 heteroatoms. The molecule has 0 saturated carbocycles. The molecule has 3 aromatic carbocycles. The summed E-state index contributed by atoms with van der Waals surface area (Å²) in [6.07, 6.45) is 1.01. The zero-order valence-electron chi connectivity index (χ0n) is 26.4. The van der Waals surface area contributed by atoms with Crippen molar-refractivity contribution >= 4 is 29.1 Å². The van der Waals surface area contributed by atoms with Gasteiger partial charge < -0.3 is 30.5 Å². The fraction of sp³-hybridized carbons (Fsp3) is 0.444. The van der Waals surface area contributed by atoms with E-state index in [4.69, 9.17) is 16.3 Å². The molecule has 3 aromatic rings. The van der Waals surface area contributed by atoms with Crippen molar-refractivity contribution in [3.8, 4) is 0 Å². The van der Waals surface area contributed by atoms with Crippen LogP contribution in [0.1, 0.15) is 22.3 Å². The fourth-order valence-corrected chi connectivity index (χ4v) is 6.74. The van der Waals surface area contributed by atoms with Gasteiger partial charge in [0.25, 0.3) is 0 Å². The number of para-hydroxylation sites is 1. The maximum atomic E-state index is 14.0. The van der Waals surface area contributed by atoms with E-state index in [0.717, 1.165) is 64.6 Å². The quantitative estimate of drug-likeness (QED) is 0.277. The summed E-state index contributed by atoms with van der Waals surface area (Å²) < 4.78 is 5.46. The minimum Gasteiger partial charge on any atom is -0.379 e. The van der Waals surface area contributed by atoms with Crippen molar-refractivity contribution in [2.45, 2.75) is 38.0 Å². The van der Waals surface area contributed by atoms with Crippen molar-refractivity contribution in [3.63, 3.8) is 0 Å². The lowest BCUT2D eigenvalue weighted by Crippen LogP contribution is -2.58. The number of piperazine rings is 1. The number of carbonyl (C=O) groups is 2. The third kappa shape index (κ3) is 8.46. The average Bonchev–Trinajstić information content (AvgIpc) is 3.11. The summed E-state index contributed by atoms with van der Waals surface area (Å²) in [5.74, 6) is -0.187. The summed E-state index contributed by atoms with van der Waals surface area (Å²) in [6.45, 7) is 9.68. The second kappa shape index (κ2) is 15.9. The van der Waals surface area contributed by atoms with Gasteiger partial charge in [-0.3, -0.25) is 14.5 Å². The van der Waals surface area contributed by atoms with Gasteiger partial charge in [-0.05, 0) is 46.9 Å². The molecule has 0 bridgehead atoms. The molecule has 46 heavy (non-hydrogen) atoms. The topological polar surface area (TPSA) is 89.2 Å². The van der Waals surface area contributed by atoms with Gasteiger partial charge in [0.15, 0.2) is 0 Å². The van der Waals surface area contributed by atoms with E-state index in [1.165, 1.54) is 22.4 Å². The summed E-state index contributed by atoms with van der Waals surface area (Å²) in [5.41, 5.74) is 5.81. The number of nitrogens with one attached hydrogen (secondary N) is 3. The molecule has 3 heterocycles. The highest BCUT2D eigenvalue weighted by atomic mass is 35.5. The van der Waals surface area contributed by atoms with Crippen LogP contribution in [0.5, 0.6) is 0 Å². The molecular formula is C36H45ClN6O3. The fourth-order valence-electron chi connectivity index (χ4n) is 6.61. The van der Waals surface area contributed by atoms with Crippen molar-refractivity contribution in [2.24, 2.45) is 0 Å². The Balaban J connectivity index is 1.06. The maximum Gasteiger partial charge on any atom is 0.245 e. The molecular weight excluding hydrogens is 600 g/mol. The van der Waals surface area contributed by atoms with Gasteiger partial charge in [-0.2, -0.15) is 0 Å². The van der Waals surface area contributed by atoms with E-state index >= 15 is 0 Å². The summed E-state index contributed by atoms with van der Waals surface area (Å²) in [5, 5.41) is 10.7. The number of morpholine rings is 1. The van der Waals surface area contributed by atoms with Crippen molar-refractivity contribution in [1.82, 2.24) is 25.8 Å². The monoisotopic (exact) mass is 644 g/mol. The Kier molecular flexibility index (Phi) is 11.2. The van der Waals surface area contributed by atoms with Crippen molar-refractivity contribution in [3.05, 3.63) is 100 Å². The Morgan fingerprint density at radius 2 is 1.61 bits per heavy atom. The standard InChI is InChI=1S/C36H45ClN6O3/c37-31-11-9-27(10-12-31)23-33(40-35(44)32-24-28-5-1-2-6-29(28)26-39-32)36(45)43-17-15-42(16-18-43)34-8-4-3-7-30(34)25-38-13-14-41-19-21-46-22-20-41/h1-12,32-33,38-39H,13-26H2,(H,40,44)/t32-,33-/m1/s1. The third-order valence-corrected chi connectivity index (χ3v) is 9.57. The Labute approximate surface area is 277 Å². The van der Waals surface area contributed by atoms with Gasteiger partial charge in [-0.15, -0.1) is 0 Å². The van der Waals surface area contributed by atoms with E-state index in [2.05, 4.69) is 62.1 Å². The molecule has 0 aliphatic carbocycles. The predicted molar refractivity (Wildman–Crippen MR) is 182 cm³/mol. The lowest BCUT2D eigenvalue weighted by atomic mass is 9.95. The highest BCUT2D eigenvalue weighted by molar-refractivity contribution is 6.30. The molecule has 9 nitrogen and oxygen atoms in total. The first kappa shape index (κ1) is 32.5. The Morgan fingerprint density at radius 1 is 0.891 bits per heavy atom. The van der Waals surface area contributed by atoms with Crippen LogP contribution in [-0.2, 0) is 40.3 Å². The van der Waals surface area contributed by atoms with Crippen LogP contribution in [0.4, 0.5) is 5.69 Å². The van der Waals surface area contributed by atoms with Crippen LogP contribution < -0.4 is 20.9 Å². The molecule has 244 valence electrons. The maximum absolute atomic E-state index is 14.0. The van der Waals surface area contributed by atoms with Crippen molar-refractivity contribution in [2.75, 3.05) is 70.5 Å². The number of carbonyl (C=O) groups excluding carboxylic acids is 2. The van der Waals surface area contributed by atoms with Gasteiger partial charge in [-0.1, -0.05) is 66.2 Å². The largest absolute Gasteiger partial charge is 0.379 e. The van der Waals surface area contributed by atoms with Gasteiger partial charge in [0.05, 0.1) is 19.3 Å². The minimum absolute atomic E-state index is 0.0442. The normalized spacial score (nSPS) is 19.4. The van der Waals surface area contributed by atoms with Gasteiger partial charge in [0, 0.05) is 82.6 Å². The second-order valence-electron chi connectivity index (χ2n) is 12.4. The van der Waals surface area contributed by atoms with Crippen molar-refractivity contribution < 1.29 is 14.3 Å². The molecule has 0 unspecified atom stereocenters. The van der Waals surface area contributed by atoms with Crippen molar-refractivity contribution in [1.29, 1.82) is 0 Å². The van der Waals surface area contributed by atoms with Crippen LogP contribution in [0.2, 0.25) is 5.02 Å². The molecule has 2 fully saturated rings. The van der Waals surface area contributed by atoms with E-state index in [0.29, 0.717) is 37.5 Å². The first-order valence-corrected chi connectivity index (χ1v) is 16.9. The molecule has 2 amide bonds. The van der Waals surface area contributed by atoms with Crippen LogP contribution in [0.15, 0.2) is 72.8 Å². The van der Waals surface area contributed by atoms with E-state index < -0.39 is 6.04 Å². The van der Waals surface area contributed by atoms with E-state index in [1.807, 2.05) is 41.3 Å². The number of benzene rings is 3. The number of halogens is 1. The molecule has 0 spiro atoms. The summed E-state index contributed by atoms with van der Waals surface area (Å²) in [7, 11) is 0. The van der Waals surface area contributed by atoms with E-state index in [9.17, 15) is 9.59 Å². The molecule has 2 atom stereocenters. The summed E-state index contributed by atoms with van der Waals surface area (Å²) >= 11 is 6.13. The predicted octanol–water partition coefficient (Wildman–Crippen LogP) is 2.85. The lowest BCUT2D eigenvalue weighted by Gasteiger charge is -2.38. The zero-order valence-corrected chi connectivity index (χ0v) is 27.2. The SMILES string of the molecule is O=C(N[C@H](Cc1ccc(Cl)cc1)C(=O)N1CCN(c2ccccc2CNCCN2CCOCC2)CC1)[C@H]1Cc2ccccc2CN1. The second-order valence-corrected chi connectivity index (χ2v) is 12.8. The number of fused-ring (bicyclic) bond motifs is 1. The van der Waals surface area contributed by atoms with E-state index in [1.54, 1.807) is 0 Å². The Morgan fingerprint density at radius 3 is 2.39 bits per heavy atom. The third-order valence-electron chi connectivity index (χ3n) is 9.31. The molecule has 2 saturated heterocycles. The van der Waals surface area contributed by atoms with Crippen LogP contribution in [-0.4, -0.2) is 99.3 Å². The number of anilines is 1. The highest BCUT2D eigenvalue weighted by Gasteiger charge is 2.32. The van der Waals surface area contributed by atoms with Gasteiger partial charge in [0.1, 0.15) is 6.04 Å². The molecule has 3 N–H and O–H groups in total. The van der Waals surface area contributed by atoms with Gasteiger partial charge in [-0.25, -0.2) is 0 Å². The first-order valence-electron chi connectivity index (χ1n) is 16.5. The van der Waals surface area contributed by atoms with Crippen LogP contribution in [0.3, 0.4) is 0 Å². The van der Waals surface area contributed by atoms with Gasteiger partial charge >= 0.3 is 0 Å². The average molecular weight is 645 g/mol. The first-order chi connectivity index (χ1) is 22.5. The molecule has 0 radical (unpaired) electrons. The molecule has 6 rings (SSSR count). The number of amides is 2. The lowest BCUT2D eigenvalue weighted by molar-refractivity contribution is -0.137. The number of hydrogen-bond donors (Lipinski definition) is 3. The van der Waals surface area contributed by atoms with Crippen LogP contribution in [0.25, 0.3) is 0 Å². The number of rotatable bonds is 11. The van der Waals surface area contributed by atoms with Crippen LogP contribution in [0, 0.1) is 0 Å². The molecule has 3 aliphatic heterocycles. The number of hydrogen-bond acceptors (Lipinski definition) is 7. The summed E-state index contributed by atoms with van der Waals surface area (Å²) in [4.78, 5) is 34.3. The molecule has 3 aliphatic rings. The summed E-state index contributed by atoms with van der Waals surface area (Å²) in [6, 6.07) is 23.2. The van der Waals surface area contributed by atoms with Crippen LogP contribution >= 0.6 is 11.6 Å². The molecule has 0 aromatic heterocycles. The Bertz CT molecular complexity index is 1460. The zero-order chi connectivity index (χ0) is 31.7. The highest BCUT2D eigenvalue weighted by Crippen LogP contribution is 2.23. The minimum atomic E-state index is -0.665. The van der Waals surface area contributed by atoms with Gasteiger partial charge in [0.2, 0.25) is 11.8 Å². The Hall–Kier alpha value is -3.47.